The van der Waals surface area contributed by atoms with E-state index < -0.39 is 5.97 Å². The van der Waals surface area contributed by atoms with Gasteiger partial charge in [0, 0.05) is 0 Å². The van der Waals surface area contributed by atoms with E-state index in [9.17, 15) is 4.79 Å². The molecule has 0 radical (unpaired) electrons. The van der Waals surface area contributed by atoms with Gasteiger partial charge in [-0.2, -0.15) is 5.26 Å². The van der Waals surface area contributed by atoms with Gasteiger partial charge in [0.05, 0.1) is 6.61 Å². The van der Waals surface area contributed by atoms with Crippen LogP contribution in [0.3, 0.4) is 0 Å². The van der Waals surface area contributed by atoms with Crippen molar-refractivity contribution in [3.8, 4) is 17.6 Å². The van der Waals surface area contributed by atoms with Gasteiger partial charge in [0.15, 0.2) is 0 Å². The topological polar surface area (TPSA) is 59.3 Å². The maximum Gasteiger partial charge on any atom is 0.348 e. The van der Waals surface area contributed by atoms with Gasteiger partial charge in [-0.1, -0.05) is 30.3 Å². The van der Waals surface area contributed by atoms with Crippen LogP contribution in [0.25, 0.3) is 6.08 Å². The zero-order valence-electron chi connectivity index (χ0n) is 12.2. The lowest BCUT2D eigenvalue weighted by Gasteiger charge is -2.05. The highest BCUT2D eigenvalue weighted by molar-refractivity contribution is 5.97. The first kappa shape index (κ1) is 15.3. The van der Waals surface area contributed by atoms with E-state index in [0.29, 0.717) is 5.75 Å². The van der Waals surface area contributed by atoms with E-state index in [4.69, 9.17) is 14.7 Å². The molecule has 4 nitrogen and oxygen atoms in total. The molecule has 2 rings (SSSR count). The Kier molecular flexibility index (Phi) is 5.33. The largest absolute Gasteiger partial charge is 0.462 e. The number of esters is 1. The highest BCUT2D eigenvalue weighted by Gasteiger charge is 2.09. The van der Waals surface area contributed by atoms with Crippen LogP contribution >= 0.6 is 0 Å². The average Bonchev–Trinajstić information content (AvgIpc) is 2.55. The van der Waals surface area contributed by atoms with Crippen molar-refractivity contribution in [3.05, 3.63) is 65.7 Å². The maximum atomic E-state index is 11.5. The Morgan fingerprint density at radius 3 is 2.32 bits per heavy atom. The van der Waals surface area contributed by atoms with E-state index in [-0.39, 0.29) is 12.2 Å². The van der Waals surface area contributed by atoms with Crippen molar-refractivity contribution in [2.45, 2.75) is 6.92 Å². The summed E-state index contributed by atoms with van der Waals surface area (Å²) in [5.74, 6) is 0.808. The smallest absolute Gasteiger partial charge is 0.348 e. The van der Waals surface area contributed by atoms with Gasteiger partial charge in [0.2, 0.25) is 0 Å². The summed E-state index contributed by atoms with van der Waals surface area (Å²) in [5, 5.41) is 8.99. The summed E-state index contributed by atoms with van der Waals surface area (Å²) in [6.07, 6.45) is 1.49. The highest BCUT2D eigenvalue weighted by Crippen LogP contribution is 2.21. The molecule has 0 saturated heterocycles. The van der Waals surface area contributed by atoms with Crippen LogP contribution in [0.2, 0.25) is 0 Å². The standard InChI is InChI=1S/C18H15NO3/c1-2-21-18(20)15(13-19)12-14-8-10-17(11-9-14)22-16-6-4-3-5-7-16/h3-12H,2H2,1H3/b15-12-. The van der Waals surface area contributed by atoms with Crippen molar-refractivity contribution in [3.63, 3.8) is 0 Å². The number of nitriles is 1. The van der Waals surface area contributed by atoms with Crippen LogP contribution in [0.5, 0.6) is 11.5 Å². The molecular formula is C18H15NO3. The SMILES string of the molecule is CCOC(=O)/C(C#N)=C\c1ccc(Oc2ccccc2)cc1. The van der Waals surface area contributed by atoms with Crippen LogP contribution in [0.4, 0.5) is 0 Å². The number of hydrogen-bond donors (Lipinski definition) is 0. The van der Waals surface area contributed by atoms with Crippen molar-refractivity contribution in [1.82, 2.24) is 0 Å². The van der Waals surface area contributed by atoms with Crippen molar-refractivity contribution >= 4 is 12.0 Å². The molecule has 110 valence electrons. The number of rotatable bonds is 5. The Morgan fingerprint density at radius 1 is 1.09 bits per heavy atom. The van der Waals surface area contributed by atoms with E-state index in [2.05, 4.69) is 0 Å². The summed E-state index contributed by atoms with van der Waals surface area (Å²) in [6, 6.07) is 18.4. The summed E-state index contributed by atoms with van der Waals surface area (Å²) in [7, 11) is 0. The van der Waals surface area contributed by atoms with Gasteiger partial charge in [-0.05, 0) is 42.8 Å². The van der Waals surface area contributed by atoms with E-state index in [1.54, 1.807) is 31.2 Å². The molecule has 2 aromatic carbocycles. The van der Waals surface area contributed by atoms with Crippen LogP contribution in [0.15, 0.2) is 60.2 Å². The number of benzene rings is 2. The van der Waals surface area contributed by atoms with Gasteiger partial charge in [-0.25, -0.2) is 4.79 Å². The molecule has 0 aromatic heterocycles. The lowest BCUT2D eigenvalue weighted by molar-refractivity contribution is -0.137. The second kappa shape index (κ2) is 7.65. The van der Waals surface area contributed by atoms with Crippen LogP contribution in [0.1, 0.15) is 12.5 Å². The lowest BCUT2D eigenvalue weighted by atomic mass is 10.1. The molecule has 0 unspecified atom stereocenters. The molecule has 2 aromatic rings. The molecule has 0 saturated carbocycles. The zero-order chi connectivity index (χ0) is 15.8. The molecule has 0 bridgehead atoms. The van der Waals surface area contributed by atoms with Crippen LogP contribution in [-0.4, -0.2) is 12.6 Å². The number of carbonyl (C=O) groups is 1. The predicted molar refractivity (Wildman–Crippen MR) is 83.2 cm³/mol. The van der Waals surface area contributed by atoms with Gasteiger partial charge in [0.25, 0.3) is 0 Å². The molecular weight excluding hydrogens is 278 g/mol. The fourth-order valence-electron chi connectivity index (χ4n) is 1.77. The minimum atomic E-state index is -0.616. The Bertz CT molecular complexity index is 697. The summed E-state index contributed by atoms with van der Waals surface area (Å²) in [6.45, 7) is 1.93. The minimum Gasteiger partial charge on any atom is -0.462 e. The van der Waals surface area contributed by atoms with Gasteiger partial charge in [0.1, 0.15) is 23.1 Å². The molecule has 0 amide bonds. The number of nitrogens with zero attached hydrogens (tertiary/aromatic N) is 1. The van der Waals surface area contributed by atoms with Crippen molar-refractivity contribution in [2.75, 3.05) is 6.61 Å². The van der Waals surface area contributed by atoms with E-state index in [1.165, 1.54) is 6.08 Å². The second-order valence-corrected chi connectivity index (χ2v) is 4.37. The molecule has 22 heavy (non-hydrogen) atoms. The summed E-state index contributed by atoms with van der Waals surface area (Å²) < 4.78 is 10.5. The molecule has 0 aliphatic carbocycles. The molecule has 0 atom stereocenters. The Balaban J connectivity index is 2.11. The molecule has 0 spiro atoms. The Morgan fingerprint density at radius 2 is 1.73 bits per heavy atom. The molecule has 0 N–H and O–H groups in total. The van der Waals surface area contributed by atoms with E-state index >= 15 is 0 Å². The lowest BCUT2D eigenvalue weighted by Crippen LogP contribution is -2.05. The summed E-state index contributed by atoms with van der Waals surface area (Å²) in [5.41, 5.74) is 0.698. The molecule has 0 aliphatic heterocycles. The number of ether oxygens (including phenoxy) is 2. The zero-order valence-corrected chi connectivity index (χ0v) is 12.2. The summed E-state index contributed by atoms with van der Waals surface area (Å²) in [4.78, 5) is 11.5. The molecule has 0 fully saturated rings. The van der Waals surface area contributed by atoms with Gasteiger partial charge < -0.3 is 9.47 Å². The number of para-hydroxylation sites is 1. The first-order chi connectivity index (χ1) is 10.7. The van der Waals surface area contributed by atoms with Gasteiger partial charge >= 0.3 is 5.97 Å². The highest BCUT2D eigenvalue weighted by atomic mass is 16.5. The first-order valence-electron chi connectivity index (χ1n) is 6.85. The third kappa shape index (κ3) is 4.22. The van der Waals surface area contributed by atoms with Crippen molar-refractivity contribution in [2.24, 2.45) is 0 Å². The number of carbonyl (C=O) groups excluding carboxylic acids is 1. The second-order valence-electron chi connectivity index (χ2n) is 4.37. The monoisotopic (exact) mass is 293 g/mol. The van der Waals surface area contributed by atoms with E-state index in [0.717, 1.165) is 11.3 Å². The van der Waals surface area contributed by atoms with Crippen LogP contribution in [0, 0.1) is 11.3 Å². The molecule has 4 heteroatoms. The van der Waals surface area contributed by atoms with Crippen molar-refractivity contribution in [1.29, 1.82) is 5.26 Å². The Hall–Kier alpha value is -3.06. The fraction of sp³-hybridized carbons (Fsp3) is 0.111. The maximum absolute atomic E-state index is 11.5. The summed E-state index contributed by atoms with van der Waals surface area (Å²) >= 11 is 0. The predicted octanol–water partition coefficient (Wildman–Crippen LogP) is 3.95. The number of hydrogen-bond acceptors (Lipinski definition) is 4. The molecule has 0 heterocycles. The third-order valence-electron chi connectivity index (χ3n) is 2.79. The van der Waals surface area contributed by atoms with Gasteiger partial charge in [-0.15, -0.1) is 0 Å². The quantitative estimate of drug-likeness (QED) is 0.476. The first-order valence-corrected chi connectivity index (χ1v) is 6.85. The minimum absolute atomic E-state index is 0.0291. The average molecular weight is 293 g/mol. The van der Waals surface area contributed by atoms with Crippen molar-refractivity contribution < 1.29 is 14.3 Å². The normalized spacial score (nSPS) is 10.6. The van der Waals surface area contributed by atoms with Crippen LogP contribution in [-0.2, 0) is 9.53 Å². The third-order valence-corrected chi connectivity index (χ3v) is 2.79. The van der Waals surface area contributed by atoms with E-state index in [1.807, 2.05) is 36.4 Å². The van der Waals surface area contributed by atoms with Crippen LogP contribution < -0.4 is 4.74 Å². The fourth-order valence-corrected chi connectivity index (χ4v) is 1.77. The van der Waals surface area contributed by atoms with Gasteiger partial charge in [-0.3, -0.25) is 0 Å². The Labute approximate surface area is 129 Å². The molecule has 0 aliphatic rings.